The number of rotatable bonds is 5. The van der Waals surface area contributed by atoms with E-state index in [1.165, 1.54) is 0 Å². The van der Waals surface area contributed by atoms with E-state index in [-0.39, 0.29) is 12.4 Å². The van der Waals surface area contributed by atoms with Crippen molar-refractivity contribution in [3.05, 3.63) is 34.9 Å². The highest BCUT2D eigenvalue weighted by atomic mass is 35.5. The third kappa shape index (κ3) is 5.42. The van der Waals surface area contributed by atoms with Crippen molar-refractivity contribution in [2.75, 3.05) is 6.61 Å². The van der Waals surface area contributed by atoms with Crippen LogP contribution >= 0.6 is 11.6 Å². The lowest BCUT2D eigenvalue weighted by atomic mass is 10.1. The summed E-state index contributed by atoms with van der Waals surface area (Å²) in [5.41, 5.74) is 0.799. The maximum Gasteiger partial charge on any atom is 0.310 e. The molecule has 0 aromatic heterocycles. The van der Waals surface area contributed by atoms with Gasteiger partial charge in [0.15, 0.2) is 0 Å². The third-order valence-corrected chi connectivity index (χ3v) is 2.55. The van der Waals surface area contributed by atoms with Gasteiger partial charge in [-0.15, -0.1) is 11.8 Å². The zero-order valence-corrected chi connectivity index (χ0v) is 10.6. The summed E-state index contributed by atoms with van der Waals surface area (Å²) in [4.78, 5) is 11.5. The molecule has 2 nitrogen and oxygen atoms in total. The molecule has 3 heteroatoms. The molecule has 0 amide bonds. The Morgan fingerprint density at radius 2 is 2.18 bits per heavy atom. The van der Waals surface area contributed by atoms with E-state index in [1.54, 1.807) is 13.0 Å². The summed E-state index contributed by atoms with van der Waals surface area (Å²) < 4.78 is 5.08. The van der Waals surface area contributed by atoms with Crippen LogP contribution in [0.1, 0.15) is 25.3 Å². The van der Waals surface area contributed by atoms with E-state index in [0.717, 1.165) is 18.4 Å². The van der Waals surface area contributed by atoms with Gasteiger partial charge in [-0.05, 0) is 25.0 Å². The van der Waals surface area contributed by atoms with E-state index in [2.05, 4.69) is 11.8 Å². The molecule has 1 aromatic rings. The molecule has 0 fully saturated rings. The van der Waals surface area contributed by atoms with Crippen LogP contribution < -0.4 is 0 Å². The SMILES string of the molecule is CC#CCCCOC(=O)Cc1ccccc1Cl. The van der Waals surface area contributed by atoms with Crippen LogP contribution in [0.25, 0.3) is 0 Å². The molecule has 0 radical (unpaired) electrons. The fourth-order valence-electron chi connectivity index (χ4n) is 1.32. The highest BCUT2D eigenvalue weighted by Gasteiger charge is 2.07. The highest BCUT2D eigenvalue weighted by Crippen LogP contribution is 2.15. The molecule has 0 aliphatic rings. The molecule has 0 heterocycles. The van der Waals surface area contributed by atoms with Crippen molar-refractivity contribution in [2.24, 2.45) is 0 Å². The first-order chi connectivity index (χ1) is 8.24. The standard InChI is InChI=1S/C14H15ClO2/c1-2-3-4-7-10-17-14(16)11-12-8-5-6-9-13(12)15/h5-6,8-9H,4,7,10-11H2,1H3. The van der Waals surface area contributed by atoms with Gasteiger partial charge in [0.1, 0.15) is 0 Å². The van der Waals surface area contributed by atoms with E-state index in [4.69, 9.17) is 16.3 Å². The van der Waals surface area contributed by atoms with Crippen LogP contribution in [0.2, 0.25) is 5.02 Å². The zero-order chi connectivity index (χ0) is 12.5. The molecule has 0 saturated heterocycles. The Morgan fingerprint density at radius 1 is 1.41 bits per heavy atom. The van der Waals surface area contributed by atoms with Gasteiger partial charge in [-0.1, -0.05) is 29.8 Å². The van der Waals surface area contributed by atoms with Gasteiger partial charge in [0.05, 0.1) is 13.0 Å². The van der Waals surface area contributed by atoms with E-state index >= 15 is 0 Å². The van der Waals surface area contributed by atoms with Gasteiger partial charge in [-0.25, -0.2) is 0 Å². The summed E-state index contributed by atoms with van der Waals surface area (Å²) in [6.45, 7) is 2.21. The molecule has 1 rings (SSSR count). The molecule has 0 aliphatic carbocycles. The molecule has 0 atom stereocenters. The van der Waals surface area contributed by atoms with Crippen LogP contribution in [0.4, 0.5) is 0 Å². The minimum absolute atomic E-state index is 0.221. The Balaban J connectivity index is 2.29. The number of hydrogen-bond donors (Lipinski definition) is 0. The average molecular weight is 251 g/mol. The number of unbranched alkanes of at least 4 members (excludes halogenated alkanes) is 1. The molecule has 1 aromatic carbocycles. The molecule has 0 saturated carbocycles. The summed E-state index contributed by atoms with van der Waals surface area (Å²) in [7, 11) is 0. The van der Waals surface area contributed by atoms with E-state index in [0.29, 0.717) is 11.6 Å². The average Bonchev–Trinajstić information content (AvgIpc) is 2.32. The van der Waals surface area contributed by atoms with Crippen LogP contribution in [0.5, 0.6) is 0 Å². The predicted octanol–water partition coefficient (Wildman–Crippen LogP) is 3.23. The predicted molar refractivity (Wildman–Crippen MR) is 68.8 cm³/mol. The fourth-order valence-corrected chi connectivity index (χ4v) is 1.52. The van der Waals surface area contributed by atoms with Crippen molar-refractivity contribution >= 4 is 17.6 Å². The smallest absolute Gasteiger partial charge is 0.310 e. The van der Waals surface area contributed by atoms with Crippen molar-refractivity contribution in [1.82, 2.24) is 0 Å². The first-order valence-electron chi connectivity index (χ1n) is 5.52. The molecule has 90 valence electrons. The first kappa shape index (κ1) is 13.6. The van der Waals surface area contributed by atoms with Gasteiger partial charge in [0.25, 0.3) is 0 Å². The minimum atomic E-state index is -0.248. The molecule has 17 heavy (non-hydrogen) atoms. The molecular formula is C14H15ClO2. The summed E-state index contributed by atoms with van der Waals surface area (Å²) in [6, 6.07) is 7.28. The van der Waals surface area contributed by atoms with Gasteiger partial charge in [-0.3, -0.25) is 4.79 Å². The van der Waals surface area contributed by atoms with Crippen LogP contribution in [0.15, 0.2) is 24.3 Å². The Kier molecular flexibility index (Phi) is 6.21. The topological polar surface area (TPSA) is 26.3 Å². The van der Waals surface area contributed by atoms with Gasteiger partial charge in [0, 0.05) is 11.4 Å². The Labute approximate surface area is 107 Å². The van der Waals surface area contributed by atoms with Crippen molar-refractivity contribution < 1.29 is 9.53 Å². The lowest BCUT2D eigenvalue weighted by Gasteiger charge is -2.05. The lowest BCUT2D eigenvalue weighted by molar-refractivity contribution is -0.142. The Hall–Kier alpha value is -1.46. The second-order valence-electron chi connectivity index (χ2n) is 3.52. The Bertz CT molecular complexity index is 429. The maximum atomic E-state index is 11.5. The van der Waals surface area contributed by atoms with Gasteiger partial charge in [0.2, 0.25) is 0 Å². The lowest BCUT2D eigenvalue weighted by Crippen LogP contribution is -2.09. The van der Waals surface area contributed by atoms with Crippen LogP contribution in [-0.2, 0) is 16.0 Å². The number of ether oxygens (including phenoxy) is 1. The summed E-state index contributed by atoms with van der Waals surface area (Å²) in [5, 5.41) is 0.598. The number of hydrogen-bond acceptors (Lipinski definition) is 2. The molecule has 0 N–H and O–H groups in total. The van der Waals surface area contributed by atoms with E-state index in [1.807, 2.05) is 18.2 Å². The molecular weight excluding hydrogens is 236 g/mol. The fraction of sp³-hybridized carbons (Fsp3) is 0.357. The first-order valence-corrected chi connectivity index (χ1v) is 5.90. The second kappa shape index (κ2) is 7.76. The van der Waals surface area contributed by atoms with Crippen LogP contribution in [0, 0.1) is 11.8 Å². The largest absolute Gasteiger partial charge is 0.465 e. The normalized spacial score (nSPS) is 9.29. The maximum absolute atomic E-state index is 11.5. The molecule has 0 bridgehead atoms. The zero-order valence-electron chi connectivity index (χ0n) is 9.83. The molecule has 0 unspecified atom stereocenters. The van der Waals surface area contributed by atoms with Crippen molar-refractivity contribution in [1.29, 1.82) is 0 Å². The molecule has 0 spiro atoms. The van der Waals surface area contributed by atoms with Gasteiger partial charge >= 0.3 is 5.97 Å². The van der Waals surface area contributed by atoms with Crippen molar-refractivity contribution in [3.63, 3.8) is 0 Å². The number of carbonyl (C=O) groups is 1. The summed E-state index contributed by atoms with van der Waals surface area (Å²) in [6.07, 6.45) is 1.75. The minimum Gasteiger partial charge on any atom is -0.465 e. The monoisotopic (exact) mass is 250 g/mol. The number of esters is 1. The van der Waals surface area contributed by atoms with Crippen molar-refractivity contribution in [2.45, 2.75) is 26.2 Å². The third-order valence-electron chi connectivity index (χ3n) is 2.18. The summed E-state index contributed by atoms with van der Waals surface area (Å²) >= 11 is 5.94. The highest BCUT2D eigenvalue weighted by molar-refractivity contribution is 6.31. The number of benzene rings is 1. The second-order valence-corrected chi connectivity index (χ2v) is 3.93. The van der Waals surface area contributed by atoms with Crippen LogP contribution in [-0.4, -0.2) is 12.6 Å². The van der Waals surface area contributed by atoms with Gasteiger partial charge in [-0.2, -0.15) is 0 Å². The number of carbonyl (C=O) groups excluding carboxylic acids is 1. The quantitative estimate of drug-likeness (QED) is 0.456. The van der Waals surface area contributed by atoms with E-state index in [9.17, 15) is 4.79 Å². The van der Waals surface area contributed by atoms with Crippen LogP contribution in [0.3, 0.4) is 0 Å². The molecule has 0 aliphatic heterocycles. The van der Waals surface area contributed by atoms with Crippen molar-refractivity contribution in [3.8, 4) is 11.8 Å². The van der Waals surface area contributed by atoms with E-state index < -0.39 is 0 Å². The van der Waals surface area contributed by atoms with Gasteiger partial charge < -0.3 is 4.74 Å². The number of halogens is 1. The summed E-state index contributed by atoms with van der Waals surface area (Å²) in [5.74, 6) is 5.47. The Morgan fingerprint density at radius 3 is 2.88 bits per heavy atom.